The number of benzene rings is 1. The third kappa shape index (κ3) is 3.39. The Morgan fingerprint density at radius 3 is 2.33 bits per heavy atom. The highest BCUT2D eigenvalue weighted by atomic mass is 35.5. The molecule has 1 fully saturated rings. The van der Waals surface area contributed by atoms with Crippen molar-refractivity contribution in [1.82, 2.24) is 9.21 Å². The van der Waals surface area contributed by atoms with Crippen LogP contribution in [0.5, 0.6) is 0 Å². The lowest BCUT2D eigenvalue weighted by Gasteiger charge is -2.34. The summed E-state index contributed by atoms with van der Waals surface area (Å²) in [4.78, 5) is 13.4. The Kier molecular flexibility index (Phi) is 4.91. The summed E-state index contributed by atoms with van der Waals surface area (Å²) in [5.41, 5.74) is 1.78. The Bertz CT molecular complexity index is 638. The van der Waals surface area contributed by atoms with E-state index in [9.17, 15) is 13.2 Å². The van der Waals surface area contributed by atoms with Gasteiger partial charge in [-0.15, -0.1) is 11.6 Å². The van der Waals surface area contributed by atoms with Gasteiger partial charge in [0.1, 0.15) is 5.88 Å². The van der Waals surface area contributed by atoms with Crippen LogP contribution in [0.4, 0.5) is 0 Å². The predicted octanol–water partition coefficient (Wildman–Crippen LogP) is 1.38. The van der Waals surface area contributed by atoms with Crippen molar-refractivity contribution in [2.75, 3.05) is 32.1 Å². The molecule has 1 heterocycles. The van der Waals surface area contributed by atoms with Crippen molar-refractivity contribution in [2.24, 2.45) is 0 Å². The SMILES string of the molecule is Cc1ccc(S(=O)(=O)N2CCN(C(=O)CCl)CC2)c(C)c1. The summed E-state index contributed by atoms with van der Waals surface area (Å²) in [6, 6.07) is 5.31. The van der Waals surface area contributed by atoms with E-state index in [-0.39, 0.29) is 11.8 Å². The van der Waals surface area contributed by atoms with E-state index in [1.165, 1.54) is 4.31 Å². The second-order valence-electron chi connectivity index (χ2n) is 5.19. The Hall–Kier alpha value is -1.11. The number of rotatable bonds is 3. The van der Waals surface area contributed by atoms with Crippen LogP contribution >= 0.6 is 11.6 Å². The molecule has 7 heteroatoms. The second kappa shape index (κ2) is 6.34. The number of aryl methyl sites for hydroxylation is 2. The maximum absolute atomic E-state index is 12.7. The first-order chi connectivity index (χ1) is 9.86. The first-order valence-corrected chi connectivity index (χ1v) is 8.75. The van der Waals surface area contributed by atoms with Gasteiger partial charge in [-0.25, -0.2) is 8.42 Å². The lowest BCUT2D eigenvalue weighted by atomic mass is 10.2. The molecule has 1 aromatic rings. The molecule has 1 amide bonds. The monoisotopic (exact) mass is 330 g/mol. The third-order valence-corrected chi connectivity index (χ3v) is 5.94. The van der Waals surface area contributed by atoms with Crippen molar-refractivity contribution in [3.8, 4) is 0 Å². The Balaban J connectivity index is 2.17. The first kappa shape index (κ1) is 16.3. The minimum Gasteiger partial charge on any atom is -0.339 e. The van der Waals surface area contributed by atoms with Crippen molar-refractivity contribution in [3.05, 3.63) is 29.3 Å². The summed E-state index contributed by atoms with van der Waals surface area (Å²) in [5.74, 6) is -0.218. The van der Waals surface area contributed by atoms with Gasteiger partial charge in [0.2, 0.25) is 15.9 Å². The molecule has 0 atom stereocenters. The molecule has 0 spiro atoms. The summed E-state index contributed by atoms with van der Waals surface area (Å²) < 4.78 is 26.8. The number of hydrogen-bond acceptors (Lipinski definition) is 3. The molecule has 2 rings (SSSR count). The number of carbonyl (C=O) groups is 1. The van der Waals surface area contributed by atoms with E-state index >= 15 is 0 Å². The van der Waals surface area contributed by atoms with Gasteiger partial charge in [-0.2, -0.15) is 4.31 Å². The fourth-order valence-electron chi connectivity index (χ4n) is 2.49. The lowest BCUT2D eigenvalue weighted by molar-refractivity contribution is -0.129. The van der Waals surface area contributed by atoms with Crippen molar-refractivity contribution >= 4 is 27.5 Å². The van der Waals surface area contributed by atoms with E-state index in [0.717, 1.165) is 11.1 Å². The number of alkyl halides is 1. The average Bonchev–Trinajstić information content (AvgIpc) is 2.46. The Morgan fingerprint density at radius 1 is 1.19 bits per heavy atom. The zero-order valence-electron chi connectivity index (χ0n) is 12.2. The number of nitrogens with zero attached hydrogens (tertiary/aromatic N) is 2. The van der Waals surface area contributed by atoms with E-state index in [1.807, 2.05) is 13.0 Å². The van der Waals surface area contributed by atoms with Crippen LogP contribution in [0.25, 0.3) is 0 Å². The van der Waals surface area contributed by atoms with Gasteiger partial charge in [0, 0.05) is 26.2 Å². The number of carbonyl (C=O) groups excluding carboxylic acids is 1. The van der Waals surface area contributed by atoms with Crippen molar-refractivity contribution in [2.45, 2.75) is 18.7 Å². The highest BCUT2D eigenvalue weighted by Gasteiger charge is 2.30. The van der Waals surface area contributed by atoms with E-state index in [0.29, 0.717) is 31.1 Å². The topological polar surface area (TPSA) is 57.7 Å². The van der Waals surface area contributed by atoms with Gasteiger partial charge in [-0.05, 0) is 25.5 Å². The van der Waals surface area contributed by atoms with E-state index in [2.05, 4.69) is 0 Å². The average molecular weight is 331 g/mol. The van der Waals surface area contributed by atoms with Gasteiger partial charge in [-0.1, -0.05) is 17.7 Å². The van der Waals surface area contributed by atoms with Gasteiger partial charge in [0.05, 0.1) is 4.90 Å². The van der Waals surface area contributed by atoms with Gasteiger partial charge in [0.15, 0.2) is 0 Å². The maximum Gasteiger partial charge on any atom is 0.243 e. The number of hydrogen-bond donors (Lipinski definition) is 0. The number of amides is 1. The molecule has 0 aromatic heterocycles. The van der Waals surface area contributed by atoms with Crippen LogP contribution < -0.4 is 0 Å². The summed E-state index contributed by atoms with van der Waals surface area (Å²) in [6.07, 6.45) is 0. The summed E-state index contributed by atoms with van der Waals surface area (Å²) in [7, 11) is -3.50. The molecule has 0 aliphatic carbocycles. The summed E-state index contributed by atoms with van der Waals surface area (Å²) in [6.45, 7) is 5.11. The van der Waals surface area contributed by atoms with E-state index in [1.54, 1.807) is 24.0 Å². The van der Waals surface area contributed by atoms with Crippen LogP contribution in [-0.4, -0.2) is 55.6 Å². The smallest absolute Gasteiger partial charge is 0.243 e. The maximum atomic E-state index is 12.7. The highest BCUT2D eigenvalue weighted by Crippen LogP contribution is 2.22. The van der Waals surface area contributed by atoms with Gasteiger partial charge in [-0.3, -0.25) is 4.79 Å². The molecule has 1 aromatic carbocycles. The summed E-state index contributed by atoms with van der Waals surface area (Å²) in [5, 5.41) is 0. The van der Waals surface area contributed by atoms with Crippen LogP contribution in [0.15, 0.2) is 23.1 Å². The largest absolute Gasteiger partial charge is 0.339 e. The van der Waals surface area contributed by atoms with Crippen LogP contribution in [0, 0.1) is 13.8 Å². The Labute approximate surface area is 130 Å². The van der Waals surface area contributed by atoms with Crippen molar-refractivity contribution in [3.63, 3.8) is 0 Å². The molecule has 116 valence electrons. The van der Waals surface area contributed by atoms with Crippen molar-refractivity contribution in [1.29, 1.82) is 0 Å². The molecular formula is C14H19ClN2O3S. The van der Waals surface area contributed by atoms with Gasteiger partial charge in [0.25, 0.3) is 0 Å². The minimum absolute atomic E-state index is 0.0657. The highest BCUT2D eigenvalue weighted by molar-refractivity contribution is 7.89. The number of piperazine rings is 1. The van der Waals surface area contributed by atoms with Crippen LogP contribution in [0.1, 0.15) is 11.1 Å². The molecular weight excluding hydrogens is 312 g/mol. The van der Waals surface area contributed by atoms with Gasteiger partial charge >= 0.3 is 0 Å². The zero-order chi connectivity index (χ0) is 15.6. The molecule has 1 aliphatic heterocycles. The molecule has 0 N–H and O–H groups in total. The zero-order valence-corrected chi connectivity index (χ0v) is 13.7. The lowest BCUT2D eigenvalue weighted by Crippen LogP contribution is -2.50. The quantitative estimate of drug-likeness (QED) is 0.787. The normalized spacial score (nSPS) is 17.0. The predicted molar refractivity (Wildman–Crippen MR) is 82.0 cm³/mol. The fraction of sp³-hybridized carbons (Fsp3) is 0.500. The van der Waals surface area contributed by atoms with E-state index in [4.69, 9.17) is 11.6 Å². The van der Waals surface area contributed by atoms with Crippen LogP contribution in [0.2, 0.25) is 0 Å². The summed E-state index contributed by atoms with van der Waals surface area (Å²) >= 11 is 5.52. The first-order valence-electron chi connectivity index (χ1n) is 6.77. The molecule has 0 bridgehead atoms. The molecule has 0 saturated carbocycles. The molecule has 21 heavy (non-hydrogen) atoms. The fourth-order valence-corrected chi connectivity index (χ4v) is 4.29. The van der Waals surface area contributed by atoms with Crippen LogP contribution in [0.3, 0.4) is 0 Å². The van der Waals surface area contributed by atoms with Crippen LogP contribution in [-0.2, 0) is 14.8 Å². The molecule has 1 saturated heterocycles. The third-order valence-electron chi connectivity index (χ3n) is 3.65. The van der Waals surface area contributed by atoms with E-state index < -0.39 is 10.0 Å². The molecule has 5 nitrogen and oxygen atoms in total. The minimum atomic E-state index is -3.50. The molecule has 1 aliphatic rings. The number of sulfonamides is 1. The molecule has 0 unspecified atom stereocenters. The van der Waals surface area contributed by atoms with Gasteiger partial charge < -0.3 is 4.90 Å². The number of halogens is 1. The van der Waals surface area contributed by atoms with Crippen molar-refractivity contribution < 1.29 is 13.2 Å². The standard InChI is InChI=1S/C14H19ClN2O3S/c1-11-3-4-13(12(2)9-11)21(19,20)17-7-5-16(6-8-17)14(18)10-15/h3-4,9H,5-8,10H2,1-2H3. The molecule has 0 radical (unpaired) electrons. The Morgan fingerprint density at radius 2 is 1.81 bits per heavy atom. The second-order valence-corrected chi connectivity index (χ2v) is 7.36.